The molecule has 6 N–H and O–H groups in total. The van der Waals surface area contributed by atoms with Gasteiger partial charge in [0, 0.05) is 0 Å². The lowest BCUT2D eigenvalue weighted by molar-refractivity contribution is -0.140. The smallest absolute Gasteiger partial charge is 0.305 e. The van der Waals surface area contributed by atoms with Crippen molar-refractivity contribution in [2.24, 2.45) is 27.4 Å². The fourth-order valence-corrected chi connectivity index (χ4v) is 4.04. The fraction of sp³-hybridized carbons (Fsp3) is 0.920. The first-order valence-corrected chi connectivity index (χ1v) is 11.6. The molecule has 0 rings (SSSR count). The van der Waals surface area contributed by atoms with E-state index in [1.165, 1.54) is 0 Å². The average Bonchev–Trinajstić information content (AvgIpc) is 2.56. The molecule has 0 saturated carbocycles. The summed E-state index contributed by atoms with van der Waals surface area (Å²) in [5, 5.41) is 30.3. The number of carbonyl (C=O) groups is 2. The van der Waals surface area contributed by atoms with Crippen LogP contribution in [0, 0.1) is 21.7 Å². The van der Waals surface area contributed by atoms with Gasteiger partial charge in [-0.05, 0) is 21.7 Å². The lowest BCUT2D eigenvalue weighted by atomic mass is 9.74. The van der Waals surface area contributed by atoms with Gasteiger partial charge in [0.15, 0.2) is 0 Å². The minimum Gasteiger partial charge on any atom is -0.481 e. The highest BCUT2D eigenvalue weighted by Gasteiger charge is 2.36. The molecule has 0 aromatic carbocycles. The first-order valence-electron chi connectivity index (χ1n) is 11.6. The van der Waals surface area contributed by atoms with Gasteiger partial charge in [-0.1, -0.05) is 83.1 Å². The van der Waals surface area contributed by atoms with Crippen LogP contribution in [0.2, 0.25) is 0 Å². The Balaban J connectivity index is 0. The van der Waals surface area contributed by atoms with Crippen LogP contribution in [-0.2, 0) is 14.3 Å². The number of nitrogens with one attached hydrogen (secondary N) is 1. The summed E-state index contributed by atoms with van der Waals surface area (Å²) in [5.74, 6) is -1.76. The minimum atomic E-state index is -1.15. The Morgan fingerprint density at radius 3 is 1.48 bits per heavy atom. The van der Waals surface area contributed by atoms with E-state index >= 15 is 0 Å². The second-order valence-electron chi connectivity index (χ2n) is 13.2. The maximum atomic E-state index is 11.8. The molecular formula is C25H52N2O6. The minimum absolute atomic E-state index is 0.00174. The van der Waals surface area contributed by atoms with Gasteiger partial charge in [0.25, 0.3) is 0 Å². The second-order valence-corrected chi connectivity index (χ2v) is 13.2. The molecule has 0 aliphatic carbocycles. The maximum Gasteiger partial charge on any atom is 0.305 e. The second kappa shape index (κ2) is 13.0. The Bertz CT molecular complexity index is 566. The van der Waals surface area contributed by atoms with E-state index in [0.29, 0.717) is 0 Å². The standard InChI is InChI=1S/C16H32N2O5.C9H20O/c1-15(2,3)14(16(4,5)6)23-9-10(8-19)18-13(22)11(17)7-12(20)21;1-8(2,3)7(10)9(4,5)6/h10-11,14,19H,7-9,17H2,1-6H3,(H,18,22)(H,20,21);7,10H,1-6H3/t10?,11-;/m0./s1. The van der Waals surface area contributed by atoms with Gasteiger partial charge in [0.05, 0.1) is 43.9 Å². The first-order chi connectivity index (χ1) is 14.4. The number of aliphatic hydroxyl groups is 2. The van der Waals surface area contributed by atoms with E-state index in [1.807, 2.05) is 0 Å². The summed E-state index contributed by atoms with van der Waals surface area (Å²) >= 11 is 0. The van der Waals surface area contributed by atoms with Crippen molar-refractivity contribution in [1.82, 2.24) is 5.32 Å². The lowest BCUT2D eigenvalue weighted by Gasteiger charge is -2.41. The molecule has 0 bridgehead atoms. The summed E-state index contributed by atoms with van der Waals surface area (Å²) in [6, 6.07) is -1.78. The van der Waals surface area contributed by atoms with Gasteiger partial charge in [0.1, 0.15) is 0 Å². The van der Waals surface area contributed by atoms with E-state index in [9.17, 15) is 19.8 Å². The van der Waals surface area contributed by atoms with Crippen molar-refractivity contribution in [3.05, 3.63) is 0 Å². The predicted molar refractivity (Wildman–Crippen MR) is 133 cm³/mol. The summed E-state index contributed by atoms with van der Waals surface area (Å²) in [6.07, 6.45) is -0.786. The van der Waals surface area contributed by atoms with Crippen molar-refractivity contribution >= 4 is 11.9 Å². The third-order valence-electron chi connectivity index (χ3n) is 4.98. The third-order valence-corrected chi connectivity index (χ3v) is 4.98. The Hall–Kier alpha value is -1.22. The van der Waals surface area contributed by atoms with Crippen LogP contribution in [0.5, 0.6) is 0 Å². The van der Waals surface area contributed by atoms with Crippen molar-refractivity contribution in [3.8, 4) is 0 Å². The molecule has 0 aliphatic heterocycles. The number of aliphatic carboxylic acids is 1. The molecule has 0 aromatic rings. The zero-order valence-electron chi connectivity index (χ0n) is 23.1. The molecule has 198 valence electrons. The molecule has 0 saturated heterocycles. The Morgan fingerprint density at radius 2 is 1.24 bits per heavy atom. The largest absolute Gasteiger partial charge is 0.481 e. The van der Waals surface area contributed by atoms with Crippen LogP contribution in [-0.4, -0.2) is 64.7 Å². The van der Waals surface area contributed by atoms with Gasteiger partial charge >= 0.3 is 5.97 Å². The van der Waals surface area contributed by atoms with Gasteiger partial charge in [0.2, 0.25) is 5.91 Å². The zero-order valence-corrected chi connectivity index (χ0v) is 23.1. The number of rotatable bonds is 8. The Morgan fingerprint density at radius 1 is 0.848 bits per heavy atom. The number of aliphatic hydroxyl groups excluding tert-OH is 2. The number of carbonyl (C=O) groups excluding carboxylic acids is 1. The molecule has 0 spiro atoms. The maximum absolute atomic E-state index is 11.8. The fourth-order valence-electron chi connectivity index (χ4n) is 4.04. The highest BCUT2D eigenvalue weighted by molar-refractivity contribution is 5.86. The quantitative estimate of drug-likeness (QED) is 0.362. The molecule has 0 fully saturated rings. The molecule has 8 heteroatoms. The average molecular weight is 477 g/mol. The van der Waals surface area contributed by atoms with Crippen LogP contribution in [0.4, 0.5) is 0 Å². The van der Waals surface area contributed by atoms with Crippen molar-refractivity contribution < 1.29 is 29.6 Å². The SMILES string of the molecule is CC(C)(C)C(O)C(C)(C)C.CC(C)(C)C(OCC(CO)NC(=O)[C@@H](N)CC(=O)O)C(C)(C)C. The number of amides is 1. The van der Waals surface area contributed by atoms with Crippen molar-refractivity contribution in [3.63, 3.8) is 0 Å². The Kier molecular flexibility index (Phi) is 13.4. The van der Waals surface area contributed by atoms with E-state index in [4.69, 9.17) is 15.6 Å². The molecule has 1 amide bonds. The number of hydrogen-bond acceptors (Lipinski definition) is 6. The molecule has 33 heavy (non-hydrogen) atoms. The van der Waals surface area contributed by atoms with E-state index in [0.717, 1.165) is 0 Å². The summed E-state index contributed by atoms with van der Waals surface area (Å²) < 4.78 is 5.95. The van der Waals surface area contributed by atoms with E-state index in [1.54, 1.807) is 0 Å². The van der Waals surface area contributed by atoms with Crippen molar-refractivity contribution in [1.29, 1.82) is 0 Å². The Labute approximate surface area is 201 Å². The molecule has 2 atom stereocenters. The summed E-state index contributed by atoms with van der Waals surface area (Å²) in [4.78, 5) is 22.4. The lowest BCUT2D eigenvalue weighted by Crippen LogP contribution is -2.50. The molecule has 0 aromatic heterocycles. The van der Waals surface area contributed by atoms with E-state index in [-0.39, 0.29) is 47.1 Å². The summed E-state index contributed by atoms with van der Waals surface area (Å²) in [6.45, 7) is 24.6. The molecular weight excluding hydrogens is 424 g/mol. The number of nitrogens with two attached hydrogens (primary N) is 1. The highest BCUT2D eigenvalue weighted by Crippen LogP contribution is 2.36. The molecule has 0 aliphatic rings. The van der Waals surface area contributed by atoms with E-state index in [2.05, 4.69) is 88.4 Å². The number of hydrogen-bond donors (Lipinski definition) is 5. The molecule has 1 unspecified atom stereocenters. The van der Waals surface area contributed by atoms with Crippen molar-refractivity contribution in [2.75, 3.05) is 13.2 Å². The van der Waals surface area contributed by atoms with Gasteiger partial charge in [-0.15, -0.1) is 0 Å². The van der Waals surface area contributed by atoms with Crippen LogP contribution < -0.4 is 11.1 Å². The van der Waals surface area contributed by atoms with Gasteiger partial charge < -0.3 is 31.1 Å². The predicted octanol–water partition coefficient (Wildman–Crippen LogP) is 3.18. The van der Waals surface area contributed by atoms with Gasteiger partial charge in [-0.2, -0.15) is 0 Å². The first kappa shape index (κ1) is 34.0. The molecule has 0 heterocycles. The van der Waals surface area contributed by atoms with Crippen LogP contribution in [0.1, 0.15) is 89.5 Å². The van der Waals surface area contributed by atoms with Gasteiger partial charge in [-0.3, -0.25) is 9.59 Å². The highest BCUT2D eigenvalue weighted by atomic mass is 16.5. The number of carboxylic acid groups (broad SMARTS) is 1. The van der Waals surface area contributed by atoms with Gasteiger partial charge in [-0.25, -0.2) is 0 Å². The summed E-state index contributed by atoms with van der Waals surface area (Å²) in [5.41, 5.74) is 5.28. The number of carboxylic acids is 1. The van der Waals surface area contributed by atoms with Crippen LogP contribution >= 0.6 is 0 Å². The van der Waals surface area contributed by atoms with Crippen molar-refractivity contribution in [2.45, 2.75) is 114 Å². The monoisotopic (exact) mass is 476 g/mol. The topological polar surface area (TPSA) is 142 Å². The van der Waals surface area contributed by atoms with E-state index < -0.39 is 30.4 Å². The zero-order chi connectivity index (χ0) is 27.0. The van der Waals surface area contributed by atoms with Crippen LogP contribution in [0.25, 0.3) is 0 Å². The van der Waals surface area contributed by atoms with Crippen LogP contribution in [0.3, 0.4) is 0 Å². The molecule has 8 nitrogen and oxygen atoms in total. The summed E-state index contributed by atoms with van der Waals surface area (Å²) in [7, 11) is 0. The van der Waals surface area contributed by atoms with Crippen LogP contribution in [0.15, 0.2) is 0 Å². The number of ether oxygens (including phenoxy) is 1. The third kappa shape index (κ3) is 14.6. The normalized spacial score (nSPS) is 15.1. The molecule has 0 radical (unpaired) electrons.